The molecule has 11 heteroatoms. The van der Waals surface area contributed by atoms with Gasteiger partial charge in [0.15, 0.2) is 5.82 Å². The first-order valence-corrected chi connectivity index (χ1v) is 11.1. The lowest BCUT2D eigenvalue weighted by molar-refractivity contribution is -0.137. The molecule has 0 radical (unpaired) electrons. The van der Waals surface area contributed by atoms with Crippen LogP contribution in [0.2, 0.25) is 0 Å². The number of aryl methyl sites for hydroxylation is 2. The van der Waals surface area contributed by atoms with Gasteiger partial charge >= 0.3 is 6.18 Å². The monoisotopic (exact) mass is 472 g/mol. The Labute approximate surface area is 193 Å². The smallest absolute Gasteiger partial charge is 0.368 e. The molecule has 0 spiro atoms. The van der Waals surface area contributed by atoms with Gasteiger partial charge in [-0.15, -0.1) is 0 Å². The van der Waals surface area contributed by atoms with E-state index in [-0.39, 0.29) is 23.5 Å². The Kier molecular flexibility index (Phi) is 5.49. The number of likely N-dealkylation sites (tertiary alicyclic amines) is 1. The Balaban J connectivity index is 1.37. The van der Waals surface area contributed by atoms with Crippen LogP contribution >= 0.6 is 0 Å². The molecule has 5 rings (SSSR count). The summed E-state index contributed by atoms with van der Waals surface area (Å²) in [5, 5.41) is 6.92. The van der Waals surface area contributed by atoms with E-state index in [1.807, 2.05) is 6.92 Å². The summed E-state index contributed by atoms with van der Waals surface area (Å²) < 4.78 is 43.7. The molecule has 1 saturated carbocycles. The Morgan fingerprint density at radius 1 is 1.15 bits per heavy atom. The molecule has 0 unspecified atom stereocenters. The molecule has 0 bridgehead atoms. The Bertz CT molecular complexity index is 1210. The first-order valence-electron chi connectivity index (χ1n) is 11.1. The maximum atomic E-state index is 13.7. The maximum Gasteiger partial charge on any atom is 0.417 e. The van der Waals surface area contributed by atoms with Gasteiger partial charge in [0.2, 0.25) is 0 Å². The molecule has 2 aliphatic rings. The van der Waals surface area contributed by atoms with E-state index in [1.54, 1.807) is 24.0 Å². The molecule has 1 aliphatic heterocycles. The van der Waals surface area contributed by atoms with Gasteiger partial charge in [0.05, 0.1) is 11.1 Å². The van der Waals surface area contributed by atoms with Gasteiger partial charge in [0, 0.05) is 31.0 Å². The molecule has 8 nitrogen and oxygen atoms in total. The van der Waals surface area contributed by atoms with Crippen molar-refractivity contribution in [2.45, 2.75) is 38.9 Å². The van der Waals surface area contributed by atoms with Crippen molar-refractivity contribution >= 4 is 11.7 Å². The Morgan fingerprint density at radius 2 is 1.97 bits per heavy atom. The van der Waals surface area contributed by atoms with Crippen LogP contribution in [0.25, 0.3) is 11.5 Å². The molecular formula is C23H23F3N6O2. The number of rotatable bonds is 5. The topological polar surface area (TPSA) is 97.0 Å². The number of fused-ring (bicyclic) bond motifs is 1. The summed E-state index contributed by atoms with van der Waals surface area (Å²) in [6.07, 6.45) is -1.76. The normalized spacial score (nSPS) is 21.8. The number of piperidine rings is 1. The number of aromatic nitrogens is 4. The minimum atomic E-state index is -4.44. The zero-order chi connectivity index (χ0) is 24.0. The SMILES string of the molecule is Cc1ccc(-c2nc(C)no2)c(C(=O)N2C[C@@H]3C[C@@H]3C[C@H]2CNc2ccc(C(F)(F)F)cn2)n1. The number of nitrogens with one attached hydrogen (secondary N) is 1. The lowest BCUT2D eigenvalue weighted by Gasteiger charge is -2.35. The number of hydrogen-bond donors (Lipinski definition) is 1. The summed E-state index contributed by atoms with van der Waals surface area (Å²) in [5.74, 6) is 1.81. The van der Waals surface area contributed by atoms with Gasteiger partial charge in [-0.25, -0.2) is 9.97 Å². The van der Waals surface area contributed by atoms with Crippen molar-refractivity contribution in [3.05, 3.63) is 53.2 Å². The number of alkyl halides is 3. The van der Waals surface area contributed by atoms with E-state index in [9.17, 15) is 18.0 Å². The summed E-state index contributed by atoms with van der Waals surface area (Å²) in [5.41, 5.74) is 0.613. The number of anilines is 1. The summed E-state index contributed by atoms with van der Waals surface area (Å²) >= 11 is 0. The highest BCUT2D eigenvalue weighted by Crippen LogP contribution is 2.47. The largest absolute Gasteiger partial charge is 0.417 e. The van der Waals surface area contributed by atoms with Crippen LogP contribution in [0.4, 0.5) is 19.0 Å². The third-order valence-corrected chi connectivity index (χ3v) is 6.38. The number of hydrogen-bond acceptors (Lipinski definition) is 7. The molecule has 1 amide bonds. The number of amides is 1. The minimum absolute atomic E-state index is 0.153. The zero-order valence-corrected chi connectivity index (χ0v) is 18.6. The number of carbonyl (C=O) groups is 1. The van der Waals surface area contributed by atoms with Gasteiger partial charge < -0.3 is 14.7 Å². The number of nitrogens with zero attached hydrogens (tertiary/aromatic N) is 5. The van der Waals surface area contributed by atoms with Crippen LogP contribution < -0.4 is 5.32 Å². The number of pyridine rings is 2. The van der Waals surface area contributed by atoms with Crippen LogP contribution in [-0.2, 0) is 6.18 Å². The van der Waals surface area contributed by atoms with E-state index in [2.05, 4.69) is 25.4 Å². The summed E-state index contributed by atoms with van der Waals surface area (Å²) in [6.45, 7) is 4.48. The number of halogens is 3. The van der Waals surface area contributed by atoms with Gasteiger partial charge in [0.25, 0.3) is 11.8 Å². The van der Waals surface area contributed by atoms with Crippen molar-refractivity contribution < 1.29 is 22.5 Å². The van der Waals surface area contributed by atoms with Crippen LogP contribution in [-0.4, -0.2) is 50.0 Å². The van der Waals surface area contributed by atoms with Crippen LogP contribution in [0.3, 0.4) is 0 Å². The van der Waals surface area contributed by atoms with Crippen molar-refractivity contribution in [2.24, 2.45) is 11.8 Å². The van der Waals surface area contributed by atoms with E-state index in [4.69, 9.17) is 4.52 Å². The molecule has 2 fully saturated rings. The van der Waals surface area contributed by atoms with Crippen LogP contribution in [0.15, 0.2) is 35.0 Å². The first-order chi connectivity index (χ1) is 16.2. The second-order valence-electron chi connectivity index (χ2n) is 8.91. The van der Waals surface area contributed by atoms with Gasteiger partial charge in [-0.05, 0) is 62.8 Å². The Hall–Kier alpha value is -3.50. The second kappa shape index (κ2) is 8.37. The maximum absolute atomic E-state index is 13.7. The highest BCUT2D eigenvalue weighted by molar-refractivity contribution is 5.98. The van der Waals surface area contributed by atoms with Gasteiger partial charge in [-0.2, -0.15) is 18.2 Å². The van der Waals surface area contributed by atoms with Crippen molar-refractivity contribution in [1.29, 1.82) is 0 Å². The summed E-state index contributed by atoms with van der Waals surface area (Å²) in [4.78, 5) is 28.1. The van der Waals surface area contributed by atoms with Gasteiger partial charge in [-0.3, -0.25) is 4.79 Å². The molecule has 1 saturated heterocycles. The fourth-order valence-corrected chi connectivity index (χ4v) is 4.47. The fourth-order valence-electron chi connectivity index (χ4n) is 4.47. The molecule has 3 aromatic heterocycles. The Morgan fingerprint density at radius 3 is 2.65 bits per heavy atom. The van der Waals surface area contributed by atoms with Crippen molar-refractivity contribution in [2.75, 3.05) is 18.4 Å². The average molecular weight is 472 g/mol. The average Bonchev–Trinajstić information content (AvgIpc) is 3.44. The third kappa shape index (κ3) is 4.46. The van der Waals surface area contributed by atoms with E-state index < -0.39 is 11.7 Å². The summed E-state index contributed by atoms with van der Waals surface area (Å²) in [6, 6.07) is 5.68. The van der Waals surface area contributed by atoms with Gasteiger partial charge in [-0.1, -0.05) is 5.16 Å². The van der Waals surface area contributed by atoms with E-state index in [0.717, 1.165) is 25.1 Å². The molecule has 3 atom stereocenters. The van der Waals surface area contributed by atoms with Crippen LogP contribution in [0, 0.1) is 25.7 Å². The predicted molar refractivity (Wildman–Crippen MR) is 116 cm³/mol. The quantitative estimate of drug-likeness (QED) is 0.597. The predicted octanol–water partition coefficient (Wildman–Crippen LogP) is 4.12. The minimum Gasteiger partial charge on any atom is -0.368 e. The fraction of sp³-hybridized carbons (Fsp3) is 0.435. The highest BCUT2D eigenvalue weighted by atomic mass is 19.4. The van der Waals surface area contributed by atoms with Crippen LogP contribution in [0.1, 0.15) is 40.4 Å². The van der Waals surface area contributed by atoms with E-state index in [1.165, 1.54) is 6.07 Å². The lowest BCUT2D eigenvalue weighted by atomic mass is 10.0. The second-order valence-corrected chi connectivity index (χ2v) is 8.91. The molecule has 3 aromatic rings. The molecule has 4 heterocycles. The lowest BCUT2D eigenvalue weighted by Crippen LogP contribution is -2.48. The molecule has 1 N–H and O–H groups in total. The first kappa shape index (κ1) is 22.3. The number of carbonyl (C=O) groups excluding carboxylic acids is 1. The summed E-state index contributed by atoms with van der Waals surface area (Å²) in [7, 11) is 0. The van der Waals surface area contributed by atoms with Crippen molar-refractivity contribution in [3.8, 4) is 11.5 Å². The van der Waals surface area contributed by atoms with Gasteiger partial charge in [0.1, 0.15) is 11.5 Å². The standard InChI is InChI=1S/C23H23F3N6O2/c1-12-3-5-18(21-30-13(2)31-34-21)20(29-12)22(33)32-11-15-7-14(15)8-17(32)10-28-19-6-4-16(9-27-19)23(24,25)26/h3-6,9,14-15,17H,7-8,10-11H2,1-2H3,(H,27,28)/t14-,15+,17+/m1/s1. The van der Waals surface area contributed by atoms with Crippen molar-refractivity contribution in [1.82, 2.24) is 25.0 Å². The molecule has 1 aliphatic carbocycles. The van der Waals surface area contributed by atoms with E-state index in [0.29, 0.717) is 47.8 Å². The zero-order valence-electron chi connectivity index (χ0n) is 18.6. The molecular weight excluding hydrogens is 449 g/mol. The molecule has 178 valence electrons. The van der Waals surface area contributed by atoms with Crippen molar-refractivity contribution in [3.63, 3.8) is 0 Å². The third-order valence-electron chi connectivity index (χ3n) is 6.38. The van der Waals surface area contributed by atoms with Crippen LogP contribution in [0.5, 0.6) is 0 Å². The highest BCUT2D eigenvalue weighted by Gasteiger charge is 2.47. The molecule has 0 aromatic carbocycles. The van der Waals surface area contributed by atoms with E-state index >= 15 is 0 Å². The molecule has 34 heavy (non-hydrogen) atoms.